The van der Waals surface area contributed by atoms with Crippen molar-refractivity contribution in [1.82, 2.24) is 9.97 Å². The van der Waals surface area contributed by atoms with Gasteiger partial charge in [0.2, 0.25) is 0 Å². The standard InChI is InChI=1S/C26H28N2O4/c1-3-30-25(26(29)31-4-2)15-18-5-7-19(8-6-18)32-14-11-22-23-16-27-12-9-20(23)21-10-13-28-17-24(21)22/h5-10,12-13,16-17,22,25H,3-4,11,14-15H2,1-2H3. The Kier molecular flexibility index (Phi) is 7.12. The molecule has 2 aromatic heterocycles. The quantitative estimate of drug-likeness (QED) is 0.437. The summed E-state index contributed by atoms with van der Waals surface area (Å²) in [6.45, 7) is 5.05. The lowest BCUT2D eigenvalue weighted by molar-refractivity contribution is -0.156. The molecule has 3 aromatic rings. The number of aromatic nitrogens is 2. The van der Waals surface area contributed by atoms with Gasteiger partial charge in [-0.2, -0.15) is 0 Å². The first kappa shape index (κ1) is 22.0. The molecule has 1 aliphatic carbocycles. The van der Waals surface area contributed by atoms with Crippen LogP contribution in [0.1, 0.15) is 42.9 Å². The van der Waals surface area contributed by atoms with Crippen LogP contribution in [0.25, 0.3) is 11.1 Å². The molecule has 0 saturated carbocycles. The normalized spacial score (nSPS) is 13.3. The molecule has 166 valence electrons. The molecule has 0 spiro atoms. The molecule has 0 amide bonds. The van der Waals surface area contributed by atoms with Gasteiger partial charge in [-0.1, -0.05) is 12.1 Å². The van der Waals surface area contributed by atoms with E-state index in [-0.39, 0.29) is 11.9 Å². The molecule has 1 aromatic carbocycles. The van der Waals surface area contributed by atoms with Crippen molar-refractivity contribution in [2.24, 2.45) is 0 Å². The third kappa shape index (κ3) is 4.81. The Labute approximate surface area is 188 Å². The summed E-state index contributed by atoms with van der Waals surface area (Å²) in [5, 5.41) is 0. The lowest BCUT2D eigenvalue weighted by Gasteiger charge is -2.16. The van der Waals surface area contributed by atoms with Crippen molar-refractivity contribution >= 4 is 5.97 Å². The van der Waals surface area contributed by atoms with E-state index in [0.29, 0.717) is 26.2 Å². The van der Waals surface area contributed by atoms with Crippen LogP contribution in [-0.4, -0.2) is 41.9 Å². The van der Waals surface area contributed by atoms with Crippen molar-refractivity contribution in [2.45, 2.75) is 38.7 Å². The zero-order chi connectivity index (χ0) is 22.3. The minimum Gasteiger partial charge on any atom is -0.494 e. The van der Waals surface area contributed by atoms with E-state index < -0.39 is 6.10 Å². The van der Waals surface area contributed by atoms with E-state index in [9.17, 15) is 4.79 Å². The molecular weight excluding hydrogens is 404 g/mol. The molecule has 1 atom stereocenters. The molecule has 0 radical (unpaired) electrons. The van der Waals surface area contributed by atoms with Gasteiger partial charge in [0.15, 0.2) is 6.10 Å². The molecule has 0 aliphatic heterocycles. The first-order valence-electron chi connectivity index (χ1n) is 11.1. The van der Waals surface area contributed by atoms with Gasteiger partial charge in [-0.3, -0.25) is 9.97 Å². The van der Waals surface area contributed by atoms with Crippen molar-refractivity contribution in [3.05, 3.63) is 77.9 Å². The number of carbonyl (C=O) groups excluding carboxylic acids is 1. The average Bonchev–Trinajstić information content (AvgIpc) is 3.14. The van der Waals surface area contributed by atoms with Crippen molar-refractivity contribution in [1.29, 1.82) is 0 Å². The number of hydrogen-bond donors (Lipinski definition) is 0. The molecule has 1 unspecified atom stereocenters. The van der Waals surface area contributed by atoms with E-state index in [1.807, 2.05) is 56.0 Å². The van der Waals surface area contributed by atoms with Gasteiger partial charge >= 0.3 is 5.97 Å². The molecule has 1 aliphatic rings. The first-order chi connectivity index (χ1) is 15.7. The number of carbonyl (C=O) groups is 1. The summed E-state index contributed by atoms with van der Waals surface area (Å²) in [5.74, 6) is 0.711. The Bertz CT molecular complexity index is 1010. The highest BCUT2D eigenvalue weighted by Gasteiger charge is 2.28. The van der Waals surface area contributed by atoms with Crippen LogP contribution in [-0.2, 0) is 20.7 Å². The maximum absolute atomic E-state index is 12.1. The van der Waals surface area contributed by atoms with Crippen LogP contribution in [0.3, 0.4) is 0 Å². The zero-order valence-corrected chi connectivity index (χ0v) is 18.5. The summed E-state index contributed by atoms with van der Waals surface area (Å²) in [6, 6.07) is 11.9. The number of ether oxygens (including phenoxy) is 3. The third-order valence-corrected chi connectivity index (χ3v) is 5.68. The fourth-order valence-corrected chi connectivity index (χ4v) is 4.21. The first-order valence-corrected chi connectivity index (χ1v) is 11.1. The Hall–Kier alpha value is -3.25. The second kappa shape index (κ2) is 10.4. The third-order valence-electron chi connectivity index (χ3n) is 5.68. The molecule has 0 N–H and O–H groups in total. The largest absolute Gasteiger partial charge is 0.494 e. The Morgan fingerprint density at radius 1 is 0.938 bits per heavy atom. The molecular formula is C26H28N2O4. The van der Waals surface area contributed by atoms with Gasteiger partial charge in [-0.15, -0.1) is 0 Å². The highest BCUT2D eigenvalue weighted by molar-refractivity contribution is 5.77. The molecule has 32 heavy (non-hydrogen) atoms. The predicted octanol–water partition coefficient (Wildman–Crippen LogP) is 4.57. The van der Waals surface area contributed by atoms with Crippen molar-refractivity contribution in [3.63, 3.8) is 0 Å². The number of pyridine rings is 2. The van der Waals surface area contributed by atoms with Crippen LogP contribution in [0, 0.1) is 0 Å². The minimum absolute atomic E-state index is 0.234. The summed E-state index contributed by atoms with van der Waals surface area (Å²) in [4.78, 5) is 20.7. The Balaban J connectivity index is 1.36. The summed E-state index contributed by atoms with van der Waals surface area (Å²) in [5.41, 5.74) is 5.93. The second-order valence-corrected chi connectivity index (χ2v) is 7.66. The van der Waals surface area contributed by atoms with Gasteiger partial charge in [0.05, 0.1) is 13.2 Å². The fraction of sp³-hybridized carbons (Fsp3) is 0.346. The van der Waals surface area contributed by atoms with Crippen molar-refractivity contribution in [3.8, 4) is 16.9 Å². The lowest BCUT2D eigenvalue weighted by Crippen LogP contribution is -2.28. The van der Waals surface area contributed by atoms with Gasteiger partial charge < -0.3 is 14.2 Å². The van der Waals surface area contributed by atoms with E-state index in [1.54, 1.807) is 6.92 Å². The van der Waals surface area contributed by atoms with E-state index in [0.717, 1.165) is 17.7 Å². The number of rotatable bonds is 10. The molecule has 6 nitrogen and oxygen atoms in total. The Morgan fingerprint density at radius 2 is 1.59 bits per heavy atom. The molecule has 0 bridgehead atoms. The lowest BCUT2D eigenvalue weighted by atomic mass is 9.96. The highest BCUT2D eigenvalue weighted by Crippen LogP contribution is 2.45. The summed E-state index contributed by atoms with van der Waals surface area (Å²) < 4.78 is 16.7. The van der Waals surface area contributed by atoms with E-state index in [1.165, 1.54) is 22.3 Å². The molecule has 6 heteroatoms. The Morgan fingerprint density at radius 3 is 2.19 bits per heavy atom. The van der Waals surface area contributed by atoms with E-state index in [2.05, 4.69) is 22.1 Å². The van der Waals surface area contributed by atoms with Gasteiger partial charge in [0, 0.05) is 43.7 Å². The topological polar surface area (TPSA) is 70.5 Å². The van der Waals surface area contributed by atoms with Crippen LogP contribution < -0.4 is 4.74 Å². The van der Waals surface area contributed by atoms with Crippen molar-refractivity contribution in [2.75, 3.05) is 19.8 Å². The molecule has 0 fully saturated rings. The van der Waals surface area contributed by atoms with Crippen LogP contribution in [0.5, 0.6) is 5.75 Å². The van der Waals surface area contributed by atoms with Crippen LogP contribution in [0.2, 0.25) is 0 Å². The fourth-order valence-electron chi connectivity index (χ4n) is 4.21. The van der Waals surface area contributed by atoms with Crippen LogP contribution >= 0.6 is 0 Å². The van der Waals surface area contributed by atoms with Gasteiger partial charge in [0.25, 0.3) is 0 Å². The number of esters is 1. The van der Waals surface area contributed by atoms with Crippen LogP contribution in [0.15, 0.2) is 61.2 Å². The zero-order valence-electron chi connectivity index (χ0n) is 18.5. The summed E-state index contributed by atoms with van der Waals surface area (Å²) in [7, 11) is 0. The number of hydrogen-bond acceptors (Lipinski definition) is 6. The number of nitrogens with zero attached hydrogens (tertiary/aromatic N) is 2. The maximum Gasteiger partial charge on any atom is 0.335 e. The SMILES string of the molecule is CCOC(=O)C(Cc1ccc(OCCC2c3cnccc3-c3ccncc32)cc1)OCC. The second-order valence-electron chi connectivity index (χ2n) is 7.66. The molecule has 0 saturated heterocycles. The summed E-state index contributed by atoms with van der Waals surface area (Å²) in [6.07, 6.45) is 8.30. The van der Waals surface area contributed by atoms with Gasteiger partial charge in [-0.05, 0) is 72.4 Å². The highest BCUT2D eigenvalue weighted by atomic mass is 16.6. The van der Waals surface area contributed by atoms with Crippen LogP contribution in [0.4, 0.5) is 0 Å². The average molecular weight is 433 g/mol. The molecule has 2 heterocycles. The maximum atomic E-state index is 12.1. The van der Waals surface area contributed by atoms with Gasteiger partial charge in [-0.25, -0.2) is 4.79 Å². The smallest absolute Gasteiger partial charge is 0.335 e. The predicted molar refractivity (Wildman–Crippen MR) is 122 cm³/mol. The van der Waals surface area contributed by atoms with Crippen molar-refractivity contribution < 1.29 is 19.0 Å². The van der Waals surface area contributed by atoms with Gasteiger partial charge in [0.1, 0.15) is 5.75 Å². The minimum atomic E-state index is -0.587. The van der Waals surface area contributed by atoms with E-state index in [4.69, 9.17) is 14.2 Å². The van der Waals surface area contributed by atoms with E-state index >= 15 is 0 Å². The number of fused-ring (bicyclic) bond motifs is 3. The summed E-state index contributed by atoms with van der Waals surface area (Å²) >= 11 is 0. The monoisotopic (exact) mass is 432 g/mol. The number of benzene rings is 1. The molecule has 4 rings (SSSR count).